The number of nitro groups is 1. The lowest BCUT2D eigenvalue weighted by Gasteiger charge is -2.26. The van der Waals surface area contributed by atoms with Crippen LogP contribution in [0.2, 0.25) is 0 Å². The second-order valence-corrected chi connectivity index (χ2v) is 13.9. The van der Waals surface area contributed by atoms with Crippen LogP contribution in [0, 0.1) is 10.1 Å². The number of fused-ring (bicyclic) bond motifs is 2. The molecule has 220 valence electrons. The average molecular weight is 652 g/mol. The molecule has 3 aromatic carbocycles. The summed E-state index contributed by atoms with van der Waals surface area (Å²) in [7, 11) is 0. The van der Waals surface area contributed by atoms with E-state index in [-0.39, 0.29) is 16.5 Å². The van der Waals surface area contributed by atoms with Gasteiger partial charge in [0.1, 0.15) is 5.75 Å². The minimum Gasteiger partial charge on any atom is -0.494 e. The predicted octanol–water partition coefficient (Wildman–Crippen LogP) is 7.07. The number of nitro benzene ring substituents is 1. The number of carbonyl (C=O) groups is 1. The number of thiazole rings is 2. The molecular weight excluding hydrogens is 627 g/mol. The number of hydrogen-bond donors (Lipinski definition) is 0. The van der Waals surface area contributed by atoms with Crippen LogP contribution < -0.4 is 4.74 Å². The zero-order chi connectivity index (χ0) is 29.8. The first kappa shape index (κ1) is 29.5. The maximum Gasteiger partial charge on any atom is 0.283 e. The quantitative estimate of drug-likeness (QED) is 0.0676. The molecule has 1 saturated heterocycles. The van der Waals surface area contributed by atoms with Gasteiger partial charge in [-0.3, -0.25) is 19.9 Å². The minimum absolute atomic E-state index is 0.00517. The van der Waals surface area contributed by atoms with E-state index in [1.165, 1.54) is 52.3 Å². The maximum atomic E-state index is 12.5. The van der Waals surface area contributed by atoms with Crippen LogP contribution in [0.3, 0.4) is 0 Å². The Balaban J connectivity index is 1.14. The number of rotatable bonds is 10. The Kier molecular flexibility index (Phi) is 9.19. The van der Waals surface area contributed by atoms with Crippen molar-refractivity contribution in [3.63, 3.8) is 0 Å². The molecule has 0 radical (unpaired) electrons. The highest BCUT2D eigenvalue weighted by Gasteiger charge is 2.19. The molecule has 0 unspecified atom stereocenters. The Morgan fingerprint density at radius 2 is 1.81 bits per heavy atom. The van der Waals surface area contributed by atoms with Gasteiger partial charge in [0.15, 0.2) is 8.68 Å². The van der Waals surface area contributed by atoms with Crippen LogP contribution in [-0.2, 0) is 9.53 Å². The number of hydrogen-bond acceptors (Lipinski definition) is 12. The van der Waals surface area contributed by atoms with Gasteiger partial charge in [0, 0.05) is 25.4 Å². The molecule has 0 N–H and O–H groups in total. The van der Waals surface area contributed by atoms with Crippen molar-refractivity contribution in [2.24, 2.45) is 4.99 Å². The minimum atomic E-state index is -0.382. The number of nitrogens with zero attached hydrogens (tertiary/aromatic N) is 5. The molecule has 1 amide bonds. The van der Waals surface area contributed by atoms with Crippen LogP contribution in [0.4, 0.5) is 11.4 Å². The summed E-state index contributed by atoms with van der Waals surface area (Å²) >= 11 is 5.69. The summed E-state index contributed by atoms with van der Waals surface area (Å²) in [6.07, 6.45) is 1.62. The van der Waals surface area contributed by atoms with E-state index in [0.29, 0.717) is 59.1 Å². The Labute approximate surface area is 263 Å². The number of ether oxygens (including phenoxy) is 2. The summed E-state index contributed by atoms with van der Waals surface area (Å²) in [5, 5.41) is 11.9. The molecular formula is C29H25N5O5S4. The Morgan fingerprint density at radius 1 is 1.07 bits per heavy atom. The fraction of sp³-hybridized carbons (Fsp3) is 0.241. The monoisotopic (exact) mass is 651 g/mol. The largest absolute Gasteiger partial charge is 0.494 e. The first-order valence-corrected chi connectivity index (χ1v) is 16.8. The molecule has 0 spiro atoms. The molecule has 43 heavy (non-hydrogen) atoms. The molecule has 1 aliphatic heterocycles. The maximum absolute atomic E-state index is 12.5. The van der Waals surface area contributed by atoms with Gasteiger partial charge >= 0.3 is 0 Å². The number of morpholine rings is 1. The lowest BCUT2D eigenvalue weighted by molar-refractivity contribution is -0.387. The van der Waals surface area contributed by atoms with Crippen LogP contribution in [0.15, 0.2) is 73.2 Å². The van der Waals surface area contributed by atoms with Crippen LogP contribution >= 0.6 is 46.2 Å². The fourth-order valence-electron chi connectivity index (χ4n) is 4.33. The molecule has 6 rings (SSSR count). The van der Waals surface area contributed by atoms with E-state index < -0.39 is 0 Å². The van der Waals surface area contributed by atoms with Gasteiger partial charge in [-0.25, -0.2) is 9.97 Å². The van der Waals surface area contributed by atoms with Crippen LogP contribution in [-0.4, -0.2) is 70.6 Å². The molecule has 10 nitrogen and oxygen atoms in total. The summed E-state index contributed by atoms with van der Waals surface area (Å²) in [4.78, 5) is 40.2. The summed E-state index contributed by atoms with van der Waals surface area (Å²) in [5.41, 5.74) is 2.98. The SMILES string of the molecule is CCOc1ccc2nc(Sc3ccc(C=Nc4ccc5nc(SCC(=O)N6CCOCC6)sc5c4)cc3[N+](=O)[O-])sc2c1. The highest BCUT2D eigenvalue weighted by atomic mass is 32.2. The summed E-state index contributed by atoms with van der Waals surface area (Å²) in [5.74, 6) is 1.20. The molecule has 2 aromatic heterocycles. The van der Waals surface area contributed by atoms with Crippen LogP contribution in [0.1, 0.15) is 12.5 Å². The summed E-state index contributed by atoms with van der Waals surface area (Å²) in [6, 6.07) is 16.4. The lowest BCUT2D eigenvalue weighted by atomic mass is 10.2. The van der Waals surface area contributed by atoms with Gasteiger partial charge in [0.05, 0.1) is 61.5 Å². The van der Waals surface area contributed by atoms with Crippen molar-refractivity contribution in [1.29, 1.82) is 0 Å². The highest BCUT2D eigenvalue weighted by Crippen LogP contribution is 2.40. The number of carbonyl (C=O) groups excluding carboxylic acids is 1. The van der Waals surface area contributed by atoms with E-state index in [2.05, 4.69) is 15.0 Å². The van der Waals surface area contributed by atoms with E-state index in [0.717, 1.165) is 30.5 Å². The van der Waals surface area contributed by atoms with E-state index in [1.807, 2.05) is 54.3 Å². The lowest BCUT2D eigenvalue weighted by Crippen LogP contribution is -2.41. The number of thioether (sulfide) groups is 1. The van der Waals surface area contributed by atoms with Gasteiger partial charge in [-0.05, 0) is 55.0 Å². The molecule has 0 aliphatic carbocycles. The molecule has 0 bridgehead atoms. The molecule has 14 heteroatoms. The van der Waals surface area contributed by atoms with E-state index in [9.17, 15) is 14.9 Å². The van der Waals surface area contributed by atoms with Gasteiger partial charge < -0.3 is 14.4 Å². The van der Waals surface area contributed by atoms with Crippen LogP contribution in [0.5, 0.6) is 5.75 Å². The van der Waals surface area contributed by atoms with Crippen molar-refractivity contribution in [3.8, 4) is 5.75 Å². The molecule has 3 heterocycles. The van der Waals surface area contributed by atoms with Crippen molar-refractivity contribution in [3.05, 3.63) is 70.3 Å². The second kappa shape index (κ2) is 13.4. The smallest absolute Gasteiger partial charge is 0.283 e. The fourth-order valence-corrected chi connectivity index (χ4v) is 8.47. The molecule has 1 fully saturated rings. The van der Waals surface area contributed by atoms with Gasteiger partial charge in [-0.15, -0.1) is 22.7 Å². The number of aliphatic imine (C=N–C) groups is 1. The number of aromatic nitrogens is 2. The number of amides is 1. The molecule has 0 saturated carbocycles. The Bertz CT molecular complexity index is 1830. The standard InChI is InChI=1S/C29H25N5O5S4/c1-2-39-20-5-7-22-26(15-20)43-29(32-22)41-24-8-3-18(13-23(24)34(36)37)16-30-19-4-6-21-25(14-19)42-28(31-21)40-17-27(35)33-9-11-38-12-10-33/h3-8,13-16H,2,9-12,17H2,1H3. The van der Waals surface area contributed by atoms with E-state index in [1.54, 1.807) is 12.3 Å². The van der Waals surface area contributed by atoms with Gasteiger partial charge in [-0.1, -0.05) is 29.6 Å². The number of benzene rings is 3. The van der Waals surface area contributed by atoms with Gasteiger partial charge in [-0.2, -0.15) is 0 Å². The van der Waals surface area contributed by atoms with E-state index in [4.69, 9.17) is 9.47 Å². The van der Waals surface area contributed by atoms with Crippen molar-refractivity contribution in [1.82, 2.24) is 14.9 Å². The van der Waals surface area contributed by atoms with Crippen molar-refractivity contribution in [2.75, 3.05) is 38.7 Å². The molecule has 1 aliphatic rings. The van der Waals surface area contributed by atoms with Crippen LogP contribution in [0.25, 0.3) is 20.4 Å². The Morgan fingerprint density at radius 3 is 2.60 bits per heavy atom. The third kappa shape index (κ3) is 7.16. The predicted molar refractivity (Wildman–Crippen MR) is 173 cm³/mol. The molecule has 0 atom stereocenters. The summed E-state index contributed by atoms with van der Waals surface area (Å²) < 4.78 is 14.3. The zero-order valence-corrected chi connectivity index (χ0v) is 26.2. The van der Waals surface area contributed by atoms with E-state index >= 15 is 0 Å². The molecule has 5 aromatic rings. The second-order valence-electron chi connectivity index (χ2n) is 9.30. The van der Waals surface area contributed by atoms with Crippen molar-refractivity contribution in [2.45, 2.75) is 20.5 Å². The van der Waals surface area contributed by atoms with Gasteiger partial charge in [0.25, 0.3) is 5.69 Å². The summed E-state index contributed by atoms with van der Waals surface area (Å²) in [6.45, 7) is 4.93. The third-order valence-corrected chi connectivity index (χ3v) is 10.7. The highest BCUT2D eigenvalue weighted by molar-refractivity contribution is 8.01. The van der Waals surface area contributed by atoms with Gasteiger partial charge in [0.2, 0.25) is 5.91 Å². The van der Waals surface area contributed by atoms with Crippen molar-refractivity contribution < 1.29 is 19.2 Å². The first-order chi connectivity index (χ1) is 20.9. The Hall–Kier alpha value is -3.56. The average Bonchev–Trinajstić information content (AvgIpc) is 3.62. The topological polar surface area (TPSA) is 120 Å². The van der Waals surface area contributed by atoms with Crippen molar-refractivity contribution >= 4 is 90.1 Å². The normalized spacial score (nSPS) is 13.7. The third-order valence-electron chi connectivity index (χ3n) is 6.43. The zero-order valence-electron chi connectivity index (χ0n) is 22.9. The first-order valence-electron chi connectivity index (χ1n) is 13.4.